The lowest BCUT2D eigenvalue weighted by Crippen LogP contribution is -2.27. The number of imidazole rings is 1. The third-order valence-corrected chi connectivity index (χ3v) is 7.46. The smallest absolute Gasteiger partial charge is 0.352 e. The summed E-state index contributed by atoms with van der Waals surface area (Å²) in [4.78, 5) is 12.0. The Bertz CT molecular complexity index is 1530. The molecule has 10 heteroatoms. The van der Waals surface area contributed by atoms with E-state index >= 15 is 0 Å². The highest BCUT2D eigenvalue weighted by molar-refractivity contribution is 7.90. The molecule has 0 atom stereocenters. The van der Waals surface area contributed by atoms with Gasteiger partial charge in [0.05, 0.1) is 24.9 Å². The number of ether oxygens (including phenoxy) is 1. The number of aromatic nitrogens is 4. The Kier molecular flexibility index (Phi) is 4.80. The number of fused-ring (bicyclic) bond motifs is 2. The number of anilines is 1. The molecule has 0 unspecified atom stereocenters. The standard InChI is InChI=1S/C24H22FN5O3S/c1-34(31,32)23-22-17(15-4-6-20(26-10-15)14-2-3-14)11-27-24(30(22)13-29-23)28-12-18-16-8-9-33-21(16)7-5-19(18)25/h4-7,10-11,13-14H,2-3,8-9,12H2,1H3,(H,27,28)/p+1. The molecule has 1 aliphatic carbocycles. The highest BCUT2D eigenvalue weighted by atomic mass is 32.2. The maximum Gasteiger partial charge on any atom is 0.352 e. The van der Waals surface area contributed by atoms with Crippen LogP contribution in [0.5, 0.6) is 5.75 Å². The lowest BCUT2D eigenvalue weighted by atomic mass is 10.0. The van der Waals surface area contributed by atoms with Gasteiger partial charge in [-0.2, -0.15) is 4.40 Å². The summed E-state index contributed by atoms with van der Waals surface area (Å²) < 4.78 is 46.9. The van der Waals surface area contributed by atoms with E-state index < -0.39 is 9.84 Å². The maximum absolute atomic E-state index is 14.6. The van der Waals surface area contributed by atoms with Crippen LogP contribution in [0.3, 0.4) is 0 Å². The Balaban J connectivity index is 1.42. The summed E-state index contributed by atoms with van der Waals surface area (Å²) in [6.07, 6.45) is 9.05. The molecule has 0 radical (unpaired) electrons. The molecule has 4 heterocycles. The molecule has 4 aromatic rings. The van der Waals surface area contributed by atoms with Gasteiger partial charge in [-0.1, -0.05) is 6.07 Å². The third kappa shape index (κ3) is 3.58. The minimum absolute atomic E-state index is 0.0828. The van der Waals surface area contributed by atoms with Crippen LogP contribution < -0.4 is 14.5 Å². The van der Waals surface area contributed by atoms with Crippen molar-refractivity contribution in [2.75, 3.05) is 18.2 Å². The summed E-state index contributed by atoms with van der Waals surface area (Å²) in [5, 5.41) is 3.26. The van der Waals surface area contributed by atoms with Gasteiger partial charge in [0.2, 0.25) is 14.9 Å². The molecule has 1 aliphatic heterocycles. The van der Waals surface area contributed by atoms with Gasteiger partial charge in [-0.05, 0) is 31.0 Å². The Morgan fingerprint density at radius 2 is 2.06 bits per heavy atom. The quantitative estimate of drug-likeness (QED) is 0.411. The fraction of sp³-hybridized carbons (Fsp3) is 0.292. The minimum atomic E-state index is -3.56. The van der Waals surface area contributed by atoms with Gasteiger partial charge < -0.3 is 4.74 Å². The Labute approximate surface area is 195 Å². The van der Waals surface area contributed by atoms with E-state index in [1.807, 2.05) is 12.1 Å². The molecule has 0 amide bonds. The monoisotopic (exact) mass is 480 g/mol. The van der Waals surface area contributed by atoms with Crippen molar-refractivity contribution in [3.05, 3.63) is 65.6 Å². The van der Waals surface area contributed by atoms with Crippen molar-refractivity contribution in [1.82, 2.24) is 15.0 Å². The number of aromatic amines is 1. The molecule has 3 aromatic heterocycles. The molecule has 2 aliphatic rings. The number of benzene rings is 1. The number of pyridine rings is 1. The van der Waals surface area contributed by atoms with Crippen LogP contribution in [0.4, 0.5) is 10.3 Å². The SMILES string of the molecule is CS(=O)(=O)c1[nH]c[n+]2c(NCc3c(F)ccc4c3CCO4)ncc(-c3ccc(C4CC4)nc3)c12. The topological polar surface area (TPSA) is 101 Å². The molecule has 1 fully saturated rings. The Hall–Kier alpha value is -3.53. The predicted molar refractivity (Wildman–Crippen MR) is 123 cm³/mol. The summed E-state index contributed by atoms with van der Waals surface area (Å²) in [6.45, 7) is 0.713. The fourth-order valence-electron chi connectivity index (χ4n) is 4.52. The first-order valence-electron chi connectivity index (χ1n) is 11.1. The molecule has 174 valence electrons. The van der Waals surface area contributed by atoms with Gasteiger partial charge in [0.25, 0.3) is 0 Å². The zero-order valence-electron chi connectivity index (χ0n) is 18.5. The van der Waals surface area contributed by atoms with Crippen molar-refractivity contribution in [2.45, 2.75) is 36.8 Å². The normalized spacial score (nSPS) is 15.4. The third-order valence-electron chi connectivity index (χ3n) is 6.41. The molecule has 6 rings (SSSR count). The Morgan fingerprint density at radius 1 is 1.21 bits per heavy atom. The second-order valence-corrected chi connectivity index (χ2v) is 10.7. The second kappa shape index (κ2) is 7.76. The average molecular weight is 481 g/mol. The largest absolute Gasteiger partial charge is 0.493 e. The molecule has 0 bridgehead atoms. The first-order chi connectivity index (χ1) is 16.4. The van der Waals surface area contributed by atoms with Gasteiger partial charge >= 0.3 is 5.95 Å². The van der Waals surface area contributed by atoms with E-state index in [2.05, 4.69) is 20.3 Å². The summed E-state index contributed by atoms with van der Waals surface area (Å²) in [6, 6.07) is 6.99. The number of hydrogen-bond donors (Lipinski definition) is 2. The minimum Gasteiger partial charge on any atom is -0.493 e. The number of nitrogens with one attached hydrogen (secondary N) is 2. The van der Waals surface area contributed by atoms with Gasteiger partial charge in [-0.25, -0.2) is 12.8 Å². The van der Waals surface area contributed by atoms with Crippen LogP contribution >= 0.6 is 0 Å². The van der Waals surface area contributed by atoms with Crippen LogP contribution in [-0.4, -0.2) is 36.2 Å². The molecule has 1 saturated carbocycles. The number of hydrogen-bond acceptors (Lipinski definition) is 6. The fourth-order valence-corrected chi connectivity index (χ4v) is 5.34. The Morgan fingerprint density at radius 3 is 2.79 bits per heavy atom. The molecular formula is C24H23FN5O3S+. The van der Waals surface area contributed by atoms with E-state index in [-0.39, 0.29) is 17.4 Å². The molecule has 1 aromatic carbocycles. The number of rotatable bonds is 6. The van der Waals surface area contributed by atoms with Crippen LogP contribution in [0.25, 0.3) is 16.6 Å². The van der Waals surface area contributed by atoms with Gasteiger partial charge in [-0.15, -0.1) is 4.98 Å². The number of H-pyrrole nitrogens is 1. The van der Waals surface area contributed by atoms with Crippen molar-refractivity contribution in [1.29, 1.82) is 0 Å². The van der Waals surface area contributed by atoms with Gasteiger partial charge in [0.1, 0.15) is 11.6 Å². The van der Waals surface area contributed by atoms with Crippen molar-refractivity contribution in [2.24, 2.45) is 0 Å². The molecular weight excluding hydrogens is 457 g/mol. The van der Waals surface area contributed by atoms with Crippen LogP contribution in [0.2, 0.25) is 0 Å². The second-order valence-electron chi connectivity index (χ2n) is 8.79. The summed E-state index contributed by atoms with van der Waals surface area (Å²) >= 11 is 0. The van der Waals surface area contributed by atoms with Crippen LogP contribution in [-0.2, 0) is 22.8 Å². The highest BCUT2D eigenvalue weighted by Crippen LogP contribution is 2.39. The van der Waals surface area contributed by atoms with Crippen LogP contribution in [0.1, 0.15) is 35.6 Å². The van der Waals surface area contributed by atoms with Gasteiger partial charge in [-0.3, -0.25) is 15.3 Å². The summed E-state index contributed by atoms with van der Waals surface area (Å²) in [7, 11) is -3.56. The summed E-state index contributed by atoms with van der Waals surface area (Å²) in [5.41, 5.74) is 4.30. The number of halogens is 1. The number of sulfone groups is 1. The molecule has 2 N–H and O–H groups in total. The van der Waals surface area contributed by atoms with Crippen LogP contribution in [0.15, 0.2) is 48.0 Å². The lowest BCUT2D eigenvalue weighted by Gasteiger charge is -2.09. The van der Waals surface area contributed by atoms with Crippen molar-refractivity contribution < 1.29 is 21.9 Å². The van der Waals surface area contributed by atoms with E-state index in [1.165, 1.54) is 6.07 Å². The predicted octanol–water partition coefficient (Wildman–Crippen LogP) is 3.18. The first kappa shape index (κ1) is 21.0. The van der Waals surface area contributed by atoms with Crippen molar-refractivity contribution >= 4 is 21.3 Å². The van der Waals surface area contributed by atoms with E-state index in [1.54, 1.807) is 29.2 Å². The van der Waals surface area contributed by atoms with E-state index in [0.717, 1.165) is 35.9 Å². The zero-order chi connectivity index (χ0) is 23.4. The lowest BCUT2D eigenvalue weighted by molar-refractivity contribution is -0.498. The van der Waals surface area contributed by atoms with Gasteiger partial charge in [0, 0.05) is 47.2 Å². The molecule has 8 nitrogen and oxygen atoms in total. The van der Waals surface area contributed by atoms with Crippen LogP contribution in [0, 0.1) is 5.82 Å². The average Bonchev–Trinajstić information content (AvgIpc) is 3.37. The molecule has 0 spiro atoms. The first-order valence-corrected chi connectivity index (χ1v) is 13.0. The van der Waals surface area contributed by atoms with E-state index in [0.29, 0.717) is 47.3 Å². The number of nitrogens with zero attached hydrogens (tertiary/aromatic N) is 3. The zero-order valence-corrected chi connectivity index (χ0v) is 19.3. The maximum atomic E-state index is 14.6. The van der Waals surface area contributed by atoms with Crippen molar-refractivity contribution in [3.8, 4) is 16.9 Å². The summed E-state index contributed by atoms with van der Waals surface area (Å²) in [5.74, 6) is 1.30. The van der Waals surface area contributed by atoms with Crippen molar-refractivity contribution in [3.63, 3.8) is 0 Å². The van der Waals surface area contributed by atoms with E-state index in [4.69, 9.17) is 4.74 Å². The molecule has 0 saturated heterocycles. The van der Waals surface area contributed by atoms with Gasteiger partial charge in [0.15, 0.2) is 11.8 Å². The van der Waals surface area contributed by atoms with E-state index in [9.17, 15) is 12.8 Å². The highest BCUT2D eigenvalue weighted by Gasteiger charge is 2.28. The molecule has 34 heavy (non-hydrogen) atoms.